The lowest BCUT2D eigenvalue weighted by Gasteiger charge is -2.27. The van der Waals surface area contributed by atoms with Crippen LogP contribution in [0.15, 0.2) is 185 Å². The van der Waals surface area contributed by atoms with Gasteiger partial charge in [-0.2, -0.15) is 0 Å². The van der Waals surface area contributed by atoms with Gasteiger partial charge in [-0.1, -0.05) is 127 Å². The largest absolute Gasteiger partial charge is 0.455 e. The molecule has 0 bridgehead atoms. The highest BCUT2D eigenvalue weighted by Crippen LogP contribution is 2.45. The normalized spacial score (nSPS) is 11.7. The predicted octanol–water partition coefficient (Wildman–Crippen LogP) is 13.4. The first-order valence-corrected chi connectivity index (χ1v) is 16.6. The third-order valence-corrected chi connectivity index (χ3v) is 9.66. The Bertz CT molecular complexity index is 2830. The molecule has 10 aromatic rings. The summed E-state index contributed by atoms with van der Waals surface area (Å²) in [6, 6.07) is 62.0. The summed E-state index contributed by atoms with van der Waals surface area (Å²) in [6.45, 7) is 0. The van der Waals surface area contributed by atoms with Gasteiger partial charge in [-0.3, -0.25) is 0 Å². The molecule has 8 aromatic carbocycles. The van der Waals surface area contributed by atoms with E-state index < -0.39 is 0 Å². The lowest BCUT2D eigenvalue weighted by molar-refractivity contribution is 0.670. The van der Waals surface area contributed by atoms with Gasteiger partial charge in [0.25, 0.3) is 0 Å². The van der Waals surface area contributed by atoms with Crippen LogP contribution < -0.4 is 4.90 Å². The second-order valence-corrected chi connectivity index (χ2v) is 12.5. The molecule has 0 fully saturated rings. The van der Waals surface area contributed by atoms with Gasteiger partial charge in [-0.05, 0) is 70.6 Å². The van der Waals surface area contributed by atoms with Gasteiger partial charge in [0.1, 0.15) is 22.3 Å². The van der Waals surface area contributed by atoms with E-state index in [1.807, 2.05) is 24.3 Å². The third-order valence-electron chi connectivity index (χ3n) is 9.66. The molecule has 3 heteroatoms. The van der Waals surface area contributed by atoms with E-state index >= 15 is 0 Å². The molecule has 0 amide bonds. The minimum atomic E-state index is 0.888. The lowest BCUT2D eigenvalue weighted by Crippen LogP contribution is -2.10. The quantitative estimate of drug-likeness (QED) is 0.190. The molecule has 0 aliphatic heterocycles. The van der Waals surface area contributed by atoms with Gasteiger partial charge < -0.3 is 13.7 Å². The second-order valence-electron chi connectivity index (χ2n) is 12.5. The number of furan rings is 2. The Morgan fingerprint density at radius 1 is 0.367 bits per heavy atom. The maximum absolute atomic E-state index is 6.64. The first kappa shape index (κ1) is 27.5. The zero-order chi connectivity index (χ0) is 32.3. The SMILES string of the molecule is c1ccc(-c2ccc(N(c3cccc(-c4cccc5c4oc4ccccc45)c3)c3cccc4ccc5c6ccccc6oc5c34)cc2)cc1. The van der Waals surface area contributed by atoms with Crippen LogP contribution in [0.5, 0.6) is 0 Å². The van der Waals surface area contributed by atoms with Crippen molar-refractivity contribution in [2.24, 2.45) is 0 Å². The number of fused-ring (bicyclic) bond motifs is 8. The van der Waals surface area contributed by atoms with E-state index in [4.69, 9.17) is 8.83 Å². The highest BCUT2D eigenvalue weighted by Gasteiger charge is 2.21. The topological polar surface area (TPSA) is 29.5 Å². The molecule has 0 saturated heterocycles. The van der Waals surface area contributed by atoms with Crippen molar-refractivity contribution in [3.8, 4) is 22.3 Å². The van der Waals surface area contributed by atoms with E-state index in [0.717, 1.165) is 82.8 Å². The summed E-state index contributed by atoms with van der Waals surface area (Å²) >= 11 is 0. The monoisotopic (exact) mass is 627 g/mol. The fourth-order valence-electron chi connectivity index (χ4n) is 7.37. The summed E-state index contributed by atoms with van der Waals surface area (Å²) in [5.41, 5.74) is 11.2. The number of benzene rings is 8. The number of hydrogen-bond acceptors (Lipinski definition) is 3. The van der Waals surface area contributed by atoms with Crippen molar-refractivity contribution in [1.82, 2.24) is 0 Å². The lowest BCUT2D eigenvalue weighted by atomic mass is 10.00. The van der Waals surface area contributed by atoms with Gasteiger partial charge in [0.2, 0.25) is 0 Å². The van der Waals surface area contributed by atoms with Gasteiger partial charge in [-0.15, -0.1) is 0 Å². The summed E-state index contributed by atoms with van der Waals surface area (Å²) in [5.74, 6) is 0. The van der Waals surface area contributed by atoms with Crippen LogP contribution >= 0.6 is 0 Å². The summed E-state index contributed by atoms with van der Waals surface area (Å²) in [6.07, 6.45) is 0. The van der Waals surface area contributed by atoms with E-state index in [1.54, 1.807) is 0 Å². The van der Waals surface area contributed by atoms with Crippen LogP contribution in [0.2, 0.25) is 0 Å². The van der Waals surface area contributed by atoms with Crippen molar-refractivity contribution in [2.45, 2.75) is 0 Å². The third kappa shape index (κ3) is 4.44. The molecule has 0 spiro atoms. The van der Waals surface area contributed by atoms with Crippen molar-refractivity contribution in [3.63, 3.8) is 0 Å². The molecule has 0 N–H and O–H groups in total. The summed E-state index contributed by atoms with van der Waals surface area (Å²) in [5, 5.41) is 6.68. The first-order chi connectivity index (χ1) is 24.3. The van der Waals surface area contributed by atoms with Crippen LogP contribution in [-0.4, -0.2) is 0 Å². The van der Waals surface area contributed by atoms with E-state index in [9.17, 15) is 0 Å². The summed E-state index contributed by atoms with van der Waals surface area (Å²) in [7, 11) is 0. The van der Waals surface area contributed by atoms with E-state index in [-0.39, 0.29) is 0 Å². The van der Waals surface area contributed by atoms with Gasteiger partial charge in [0.15, 0.2) is 0 Å². The fourth-order valence-corrected chi connectivity index (χ4v) is 7.37. The molecule has 0 aliphatic carbocycles. The second kappa shape index (κ2) is 11.0. The average Bonchev–Trinajstić information content (AvgIpc) is 3.75. The minimum Gasteiger partial charge on any atom is -0.455 e. The Kier molecular flexibility index (Phi) is 6.18. The zero-order valence-corrected chi connectivity index (χ0v) is 26.5. The van der Waals surface area contributed by atoms with Gasteiger partial charge >= 0.3 is 0 Å². The maximum atomic E-state index is 6.64. The van der Waals surface area contributed by atoms with E-state index in [2.05, 4.69) is 157 Å². The molecular formula is C46H29NO2. The Morgan fingerprint density at radius 2 is 0.980 bits per heavy atom. The van der Waals surface area contributed by atoms with E-state index in [0.29, 0.717) is 0 Å². The average molecular weight is 628 g/mol. The van der Waals surface area contributed by atoms with Crippen molar-refractivity contribution in [2.75, 3.05) is 4.90 Å². The van der Waals surface area contributed by atoms with Crippen LogP contribution in [0.3, 0.4) is 0 Å². The smallest absolute Gasteiger partial charge is 0.145 e. The number of hydrogen-bond donors (Lipinski definition) is 0. The minimum absolute atomic E-state index is 0.888. The summed E-state index contributed by atoms with van der Waals surface area (Å²) in [4.78, 5) is 2.35. The molecule has 2 heterocycles. The number of rotatable bonds is 5. The molecule has 0 saturated carbocycles. The molecule has 0 radical (unpaired) electrons. The Balaban J connectivity index is 1.21. The predicted molar refractivity (Wildman–Crippen MR) is 204 cm³/mol. The zero-order valence-electron chi connectivity index (χ0n) is 26.5. The maximum Gasteiger partial charge on any atom is 0.145 e. The van der Waals surface area contributed by atoms with Crippen molar-refractivity contribution >= 4 is 71.7 Å². The van der Waals surface area contributed by atoms with Crippen LogP contribution in [0.1, 0.15) is 0 Å². The molecule has 0 atom stereocenters. The molecule has 3 nitrogen and oxygen atoms in total. The van der Waals surface area contributed by atoms with Gasteiger partial charge in [-0.25, -0.2) is 0 Å². The first-order valence-electron chi connectivity index (χ1n) is 16.6. The van der Waals surface area contributed by atoms with Crippen molar-refractivity contribution in [1.29, 1.82) is 0 Å². The molecular weight excluding hydrogens is 599 g/mol. The standard InChI is InChI=1S/C46H29NO2/c1-2-11-30(12-3-1)31-23-26-34(27-24-31)47(41-20-9-13-32-25-28-40-38-17-5-7-22-43(38)49-46(40)44(32)41)35-15-8-14-33(29-35)36-18-10-19-39-37-16-4-6-21-42(37)48-45(36)39/h1-29H. The Labute approximate surface area is 282 Å². The number of para-hydroxylation sites is 3. The number of anilines is 3. The molecule has 10 rings (SSSR count). The van der Waals surface area contributed by atoms with Gasteiger partial charge in [0, 0.05) is 43.9 Å². The van der Waals surface area contributed by atoms with Gasteiger partial charge in [0.05, 0.1) is 5.69 Å². The van der Waals surface area contributed by atoms with Crippen LogP contribution in [-0.2, 0) is 0 Å². The van der Waals surface area contributed by atoms with Crippen LogP contribution in [0.25, 0.3) is 76.9 Å². The summed E-state index contributed by atoms with van der Waals surface area (Å²) < 4.78 is 13.1. The van der Waals surface area contributed by atoms with E-state index in [1.165, 1.54) is 11.1 Å². The molecule has 0 aliphatic rings. The van der Waals surface area contributed by atoms with Crippen molar-refractivity contribution in [3.05, 3.63) is 176 Å². The van der Waals surface area contributed by atoms with Crippen LogP contribution in [0, 0.1) is 0 Å². The highest BCUT2D eigenvalue weighted by atomic mass is 16.3. The molecule has 2 aromatic heterocycles. The molecule has 49 heavy (non-hydrogen) atoms. The molecule has 0 unspecified atom stereocenters. The number of nitrogens with zero attached hydrogens (tertiary/aromatic N) is 1. The van der Waals surface area contributed by atoms with Crippen LogP contribution in [0.4, 0.5) is 17.1 Å². The fraction of sp³-hybridized carbons (Fsp3) is 0. The Morgan fingerprint density at radius 3 is 1.78 bits per heavy atom. The highest BCUT2D eigenvalue weighted by molar-refractivity contribution is 6.19. The Hall–Kier alpha value is -6.58. The van der Waals surface area contributed by atoms with Crippen molar-refractivity contribution < 1.29 is 8.83 Å². The molecule has 230 valence electrons.